The molecule has 0 fully saturated rings. The Labute approximate surface area is 93.7 Å². The Balaban J connectivity index is 2.50. The van der Waals surface area contributed by atoms with Crippen LogP contribution < -0.4 is 5.73 Å². The minimum atomic E-state index is 0.173. The van der Waals surface area contributed by atoms with Gasteiger partial charge in [0.2, 0.25) is 0 Å². The van der Waals surface area contributed by atoms with Crippen LogP contribution in [-0.4, -0.2) is 10.1 Å². The summed E-state index contributed by atoms with van der Waals surface area (Å²) >= 11 is 0. The molecule has 2 aromatic rings. The molecule has 0 aliphatic heterocycles. The van der Waals surface area contributed by atoms with Crippen molar-refractivity contribution in [1.82, 2.24) is 4.98 Å². The SMILES string of the molecule is CC(C)c1oc(N)nc1-c1ccc(O)cc1. The standard InChI is InChI=1S/C12H14N2O2/c1-7(2)11-10(14-12(13)16-11)8-3-5-9(15)6-4-8/h3-7,15H,1-2H3,(H2,13,14). The highest BCUT2D eigenvalue weighted by atomic mass is 16.4. The van der Waals surface area contributed by atoms with Gasteiger partial charge in [0.25, 0.3) is 6.01 Å². The van der Waals surface area contributed by atoms with Gasteiger partial charge < -0.3 is 15.3 Å². The molecule has 16 heavy (non-hydrogen) atoms. The van der Waals surface area contributed by atoms with E-state index in [0.717, 1.165) is 17.0 Å². The highest BCUT2D eigenvalue weighted by Crippen LogP contribution is 2.31. The summed E-state index contributed by atoms with van der Waals surface area (Å²) < 4.78 is 5.36. The van der Waals surface area contributed by atoms with Crippen LogP contribution in [0.3, 0.4) is 0 Å². The van der Waals surface area contributed by atoms with Crippen LogP contribution in [0.25, 0.3) is 11.3 Å². The van der Waals surface area contributed by atoms with Crippen molar-refractivity contribution in [2.45, 2.75) is 19.8 Å². The lowest BCUT2D eigenvalue weighted by molar-refractivity contribution is 0.475. The minimum absolute atomic E-state index is 0.173. The number of oxazole rings is 1. The summed E-state index contributed by atoms with van der Waals surface area (Å²) in [4.78, 5) is 4.16. The second kappa shape index (κ2) is 3.89. The number of phenols is 1. The lowest BCUT2D eigenvalue weighted by atomic mass is 10.0. The summed E-state index contributed by atoms with van der Waals surface area (Å²) in [6.45, 7) is 4.04. The fraction of sp³-hybridized carbons (Fsp3) is 0.250. The van der Waals surface area contributed by atoms with Crippen molar-refractivity contribution >= 4 is 6.01 Å². The molecule has 0 unspecified atom stereocenters. The zero-order valence-electron chi connectivity index (χ0n) is 9.27. The van der Waals surface area contributed by atoms with Crippen LogP contribution >= 0.6 is 0 Å². The maximum absolute atomic E-state index is 9.22. The molecule has 0 amide bonds. The summed E-state index contributed by atoms with van der Waals surface area (Å²) in [7, 11) is 0. The quantitative estimate of drug-likeness (QED) is 0.812. The largest absolute Gasteiger partial charge is 0.508 e. The molecule has 0 aliphatic carbocycles. The topological polar surface area (TPSA) is 72.3 Å². The van der Waals surface area contributed by atoms with Crippen LogP contribution in [0.5, 0.6) is 5.75 Å². The smallest absolute Gasteiger partial charge is 0.292 e. The van der Waals surface area contributed by atoms with Gasteiger partial charge in [-0.05, 0) is 24.3 Å². The summed E-state index contributed by atoms with van der Waals surface area (Å²) in [5.41, 5.74) is 7.19. The molecule has 0 saturated heterocycles. The number of nitrogens with two attached hydrogens (primary N) is 1. The number of anilines is 1. The Kier molecular flexibility index (Phi) is 2.56. The molecule has 0 spiro atoms. The molecule has 0 atom stereocenters. The molecule has 0 saturated carbocycles. The molecule has 84 valence electrons. The molecule has 0 aliphatic rings. The molecular weight excluding hydrogens is 204 g/mol. The molecule has 4 heteroatoms. The average molecular weight is 218 g/mol. The molecule has 1 aromatic carbocycles. The molecule has 0 radical (unpaired) electrons. The van der Waals surface area contributed by atoms with Gasteiger partial charge in [-0.2, -0.15) is 4.98 Å². The first-order valence-corrected chi connectivity index (χ1v) is 5.13. The minimum Gasteiger partial charge on any atom is -0.508 e. The number of hydrogen-bond acceptors (Lipinski definition) is 4. The number of aromatic hydroxyl groups is 1. The van der Waals surface area contributed by atoms with Crippen molar-refractivity contribution in [3.05, 3.63) is 30.0 Å². The van der Waals surface area contributed by atoms with E-state index in [2.05, 4.69) is 4.98 Å². The third-order valence-electron chi connectivity index (χ3n) is 2.34. The number of phenolic OH excluding ortho intramolecular Hbond substituents is 1. The fourth-order valence-corrected chi connectivity index (χ4v) is 1.57. The van der Waals surface area contributed by atoms with E-state index < -0.39 is 0 Å². The van der Waals surface area contributed by atoms with Crippen molar-refractivity contribution in [3.8, 4) is 17.0 Å². The molecule has 4 nitrogen and oxygen atoms in total. The van der Waals surface area contributed by atoms with Crippen molar-refractivity contribution < 1.29 is 9.52 Å². The van der Waals surface area contributed by atoms with Crippen LogP contribution in [0.1, 0.15) is 25.5 Å². The average Bonchev–Trinajstić information content (AvgIpc) is 2.61. The van der Waals surface area contributed by atoms with E-state index in [1.54, 1.807) is 24.3 Å². The third-order valence-corrected chi connectivity index (χ3v) is 2.34. The summed E-state index contributed by atoms with van der Waals surface area (Å²) in [6.07, 6.45) is 0. The van der Waals surface area contributed by atoms with E-state index in [-0.39, 0.29) is 17.7 Å². The highest BCUT2D eigenvalue weighted by molar-refractivity contribution is 5.63. The zero-order valence-corrected chi connectivity index (χ0v) is 9.27. The van der Waals surface area contributed by atoms with Gasteiger partial charge in [0.1, 0.15) is 17.2 Å². The molecular formula is C12H14N2O2. The van der Waals surface area contributed by atoms with E-state index in [1.807, 2.05) is 13.8 Å². The molecule has 2 rings (SSSR count). The van der Waals surface area contributed by atoms with Gasteiger partial charge in [-0.3, -0.25) is 0 Å². The summed E-state index contributed by atoms with van der Waals surface area (Å²) in [5.74, 6) is 1.21. The molecule has 1 heterocycles. The number of nitrogen functional groups attached to an aromatic ring is 1. The molecule has 0 bridgehead atoms. The number of nitrogens with zero attached hydrogens (tertiary/aromatic N) is 1. The van der Waals surface area contributed by atoms with Gasteiger partial charge in [0.15, 0.2) is 0 Å². The predicted molar refractivity (Wildman–Crippen MR) is 62.1 cm³/mol. The van der Waals surface area contributed by atoms with Crippen molar-refractivity contribution in [2.75, 3.05) is 5.73 Å². The van der Waals surface area contributed by atoms with Crippen LogP contribution in [0, 0.1) is 0 Å². The van der Waals surface area contributed by atoms with E-state index in [9.17, 15) is 5.11 Å². The van der Waals surface area contributed by atoms with Gasteiger partial charge >= 0.3 is 0 Å². The third kappa shape index (κ3) is 1.86. The van der Waals surface area contributed by atoms with E-state index in [1.165, 1.54) is 0 Å². The van der Waals surface area contributed by atoms with E-state index in [0.29, 0.717) is 0 Å². The Morgan fingerprint density at radius 1 is 1.25 bits per heavy atom. The highest BCUT2D eigenvalue weighted by Gasteiger charge is 2.16. The fourth-order valence-electron chi connectivity index (χ4n) is 1.57. The maximum atomic E-state index is 9.22. The molecule has 1 aromatic heterocycles. The zero-order chi connectivity index (χ0) is 11.7. The molecule has 3 N–H and O–H groups in total. The van der Waals surface area contributed by atoms with Gasteiger partial charge in [-0.15, -0.1) is 0 Å². The van der Waals surface area contributed by atoms with Crippen molar-refractivity contribution in [1.29, 1.82) is 0 Å². The lowest BCUT2D eigenvalue weighted by Crippen LogP contribution is -1.88. The predicted octanol–water partition coefficient (Wildman–Crippen LogP) is 2.75. The number of rotatable bonds is 2. The number of aromatic nitrogens is 1. The Morgan fingerprint density at radius 3 is 2.44 bits per heavy atom. The van der Waals surface area contributed by atoms with Crippen molar-refractivity contribution in [2.24, 2.45) is 0 Å². The van der Waals surface area contributed by atoms with Gasteiger partial charge in [0.05, 0.1) is 0 Å². The number of hydrogen-bond donors (Lipinski definition) is 2. The monoisotopic (exact) mass is 218 g/mol. The van der Waals surface area contributed by atoms with Crippen LogP contribution in [-0.2, 0) is 0 Å². The Bertz CT molecular complexity index is 486. The van der Waals surface area contributed by atoms with Crippen LogP contribution in [0.15, 0.2) is 28.7 Å². The van der Waals surface area contributed by atoms with Gasteiger partial charge in [0, 0.05) is 11.5 Å². The maximum Gasteiger partial charge on any atom is 0.292 e. The van der Waals surface area contributed by atoms with E-state index >= 15 is 0 Å². The summed E-state index contributed by atoms with van der Waals surface area (Å²) in [6, 6.07) is 6.98. The summed E-state index contributed by atoms with van der Waals surface area (Å²) in [5, 5.41) is 9.22. The Morgan fingerprint density at radius 2 is 1.88 bits per heavy atom. The lowest BCUT2D eigenvalue weighted by Gasteiger charge is -2.03. The second-order valence-electron chi connectivity index (χ2n) is 3.97. The van der Waals surface area contributed by atoms with Crippen LogP contribution in [0.4, 0.5) is 6.01 Å². The van der Waals surface area contributed by atoms with Gasteiger partial charge in [-0.1, -0.05) is 13.8 Å². The van der Waals surface area contributed by atoms with Gasteiger partial charge in [-0.25, -0.2) is 0 Å². The second-order valence-corrected chi connectivity index (χ2v) is 3.97. The normalized spacial score (nSPS) is 10.9. The first-order chi connectivity index (χ1) is 7.58. The number of benzene rings is 1. The van der Waals surface area contributed by atoms with Crippen LogP contribution in [0.2, 0.25) is 0 Å². The van der Waals surface area contributed by atoms with E-state index in [4.69, 9.17) is 10.2 Å². The first-order valence-electron chi connectivity index (χ1n) is 5.13. The van der Waals surface area contributed by atoms with Crippen molar-refractivity contribution in [3.63, 3.8) is 0 Å². The Hall–Kier alpha value is -1.97. The first kappa shape index (κ1) is 10.5.